The van der Waals surface area contributed by atoms with Crippen LogP contribution < -0.4 is 5.73 Å². The van der Waals surface area contributed by atoms with E-state index in [4.69, 9.17) is 10.7 Å². The minimum Gasteiger partial charge on any atom is -0.339 e. The summed E-state index contributed by atoms with van der Waals surface area (Å²) in [7, 11) is 0. The molecule has 4 N–H and O–H groups in total. The molecule has 0 saturated heterocycles. The smallest absolute Gasteiger partial charge is 0.0981 e. The molecule has 0 spiro atoms. The predicted molar refractivity (Wildman–Crippen MR) is 127 cm³/mol. The van der Waals surface area contributed by atoms with E-state index in [-0.39, 0.29) is 24.8 Å². The average Bonchev–Trinajstić information content (AvgIpc) is 3.39. The van der Waals surface area contributed by atoms with E-state index in [1.165, 1.54) is 38.0 Å². The Hall–Kier alpha value is -2.73. The van der Waals surface area contributed by atoms with Gasteiger partial charge in [0, 0.05) is 45.2 Å². The molecule has 5 nitrogen and oxygen atoms in total. The first-order valence-corrected chi connectivity index (χ1v) is 9.35. The van der Waals surface area contributed by atoms with Crippen LogP contribution in [0.1, 0.15) is 6.42 Å². The van der Waals surface area contributed by atoms with E-state index >= 15 is 0 Å². The van der Waals surface area contributed by atoms with E-state index in [0.717, 1.165) is 29.5 Å². The van der Waals surface area contributed by atoms with Crippen LogP contribution in [-0.4, -0.2) is 26.3 Å². The standard InChI is InChI=1S/C22H19N5.2ClH/c23-10-5-11-27-17-9-4-2-7-14(17)18-15-12-24-26-20(15)19-13-6-1-3-8-16(13)25-21(19)22(18)27;;/h1-4,6-9,12,24,26H,5,10-11,23H2;2*1H. The van der Waals surface area contributed by atoms with Gasteiger partial charge in [-0.25, -0.2) is 4.98 Å². The summed E-state index contributed by atoms with van der Waals surface area (Å²) < 4.78 is 2.40. The minimum atomic E-state index is 0. The lowest BCUT2D eigenvalue weighted by molar-refractivity contribution is 0.688. The molecule has 148 valence electrons. The van der Waals surface area contributed by atoms with Crippen molar-refractivity contribution < 1.29 is 0 Å². The zero-order chi connectivity index (χ0) is 18.0. The second-order valence-corrected chi connectivity index (χ2v) is 7.09. The molecule has 0 bridgehead atoms. The number of rotatable bonds is 3. The van der Waals surface area contributed by atoms with Crippen molar-refractivity contribution >= 4 is 79.3 Å². The van der Waals surface area contributed by atoms with Crippen LogP contribution in [0.25, 0.3) is 54.5 Å². The summed E-state index contributed by atoms with van der Waals surface area (Å²) in [5, 5.41) is 12.7. The fraction of sp³-hybridized carbons (Fsp3) is 0.136. The van der Waals surface area contributed by atoms with Gasteiger partial charge in [0.25, 0.3) is 0 Å². The van der Waals surface area contributed by atoms with Gasteiger partial charge in [0.15, 0.2) is 0 Å². The molecule has 6 aromatic rings. The van der Waals surface area contributed by atoms with Gasteiger partial charge in [-0.3, -0.25) is 0 Å². The molecule has 0 radical (unpaired) electrons. The van der Waals surface area contributed by atoms with E-state index in [1.54, 1.807) is 0 Å². The van der Waals surface area contributed by atoms with Gasteiger partial charge in [0.05, 0.1) is 22.1 Å². The number of aromatic amines is 2. The Morgan fingerprint density at radius 1 is 0.897 bits per heavy atom. The van der Waals surface area contributed by atoms with E-state index in [1.807, 2.05) is 6.07 Å². The van der Waals surface area contributed by atoms with Gasteiger partial charge in [-0.05, 0) is 25.1 Å². The van der Waals surface area contributed by atoms with E-state index in [0.29, 0.717) is 6.54 Å². The van der Waals surface area contributed by atoms with Crippen LogP contribution in [-0.2, 0) is 6.54 Å². The van der Waals surface area contributed by atoms with Gasteiger partial charge in [0.2, 0.25) is 0 Å². The number of benzene rings is 3. The maximum atomic E-state index is 5.84. The summed E-state index contributed by atoms with van der Waals surface area (Å²) in [4.78, 5) is 5.05. The maximum Gasteiger partial charge on any atom is 0.0981 e. The second-order valence-electron chi connectivity index (χ2n) is 7.09. The minimum absolute atomic E-state index is 0. The molecule has 7 heteroatoms. The molecule has 29 heavy (non-hydrogen) atoms. The molecular weight excluding hydrogens is 405 g/mol. The summed E-state index contributed by atoms with van der Waals surface area (Å²) in [6.07, 6.45) is 3.01. The Balaban J connectivity index is 0.00000102. The van der Waals surface area contributed by atoms with Gasteiger partial charge in [0.1, 0.15) is 0 Å². The number of para-hydroxylation sites is 2. The first-order valence-electron chi connectivity index (χ1n) is 9.35. The highest BCUT2D eigenvalue weighted by atomic mass is 35.5. The lowest BCUT2D eigenvalue weighted by atomic mass is 10.0. The second kappa shape index (κ2) is 7.26. The third kappa shape index (κ3) is 2.55. The van der Waals surface area contributed by atoms with Crippen molar-refractivity contribution in [3.8, 4) is 0 Å². The maximum absolute atomic E-state index is 5.84. The Bertz CT molecular complexity index is 1470. The normalized spacial score (nSPS) is 11.5. The summed E-state index contributed by atoms with van der Waals surface area (Å²) in [5.41, 5.74) is 11.5. The number of hydrogen-bond acceptors (Lipinski definition) is 2. The van der Waals surface area contributed by atoms with Crippen molar-refractivity contribution in [2.45, 2.75) is 13.0 Å². The zero-order valence-corrected chi connectivity index (χ0v) is 17.2. The molecule has 6 rings (SSSR count). The topological polar surface area (TPSA) is 75.4 Å². The first-order chi connectivity index (χ1) is 13.4. The van der Waals surface area contributed by atoms with Crippen molar-refractivity contribution in [2.24, 2.45) is 5.73 Å². The van der Waals surface area contributed by atoms with Crippen LogP contribution in [0, 0.1) is 0 Å². The number of hydrogen-bond donors (Lipinski definition) is 3. The van der Waals surface area contributed by atoms with E-state index in [9.17, 15) is 0 Å². The number of nitrogens with two attached hydrogens (primary N) is 1. The van der Waals surface area contributed by atoms with Crippen LogP contribution in [0.4, 0.5) is 0 Å². The summed E-state index contributed by atoms with van der Waals surface area (Å²) >= 11 is 0. The quantitative estimate of drug-likeness (QED) is 0.350. The number of aryl methyl sites for hydroxylation is 1. The number of nitrogens with zero attached hydrogens (tertiary/aromatic N) is 2. The SMILES string of the molecule is Cl.Cl.NCCCn1c2ccccc2c2c3c[nH][nH]c3c3c4ccccc4nc3c21. The third-order valence-corrected chi connectivity index (χ3v) is 5.63. The van der Waals surface area contributed by atoms with Gasteiger partial charge in [-0.2, -0.15) is 0 Å². The number of aromatic nitrogens is 4. The number of fused-ring (bicyclic) bond motifs is 10. The van der Waals surface area contributed by atoms with Crippen molar-refractivity contribution in [3.63, 3.8) is 0 Å². The summed E-state index contributed by atoms with van der Waals surface area (Å²) in [5.74, 6) is 0. The molecule has 3 aromatic heterocycles. The van der Waals surface area contributed by atoms with Crippen molar-refractivity contribution in [3.05, 3.63) is 54.7 Å². The number of nitrogens with one attached hydrogen (secondary N) is 2. The van der Waals surface area contributed by atoms with Crippen molar-refractivity contribution in [1.29, 1.82) is 0 Å². The zero-order valence-electron chi connectivity index (χ0n) is 15.6. The molecule has 0 fully saturated rings. The van der Waals surface area contributed by atoms with E-state index < -0.39 is 0 Å². The highest BCUT2D eigenvalue weighted by Crippen LogP contribution is 2.42. The Kier molecular flexibility index (Phi) is 4.90. The Labute approximate surface area is 179 Å². The predicted octanol–water partition coefficient (Wildman–Crippen LogP) is 5.50. The Morgan fingerprint density at radius 2 is 1.66 bits per heavy atom. The molecule has 0 aliphatic heterocycles. The van der Waals surface area contributed by atoms with Crippen LogP contribution in [0.5, 0.6) is 0 Å². The van der Waals surface area contributed by atoms with Gasteiger partial charge >= 0.3 is 0 Å². The molecule has 3 aromatic carbocycles. The van der Waals surface area contributed by atoms with Gasteiger partial charge in [-0.1, -0.05) is 36.4 Å². The van der Waals surface area contributed by atoms with Gasteiger partial charge < -0.3 is 20.5 Å². The number of H-pyrrole nitrogens is 2. The lowest BCUT2D eigenvalue weighted by Crippen LogP contribution is -2.05. The molecule has 3 heterocycles. The fourth-order valence-corrected chi connectivity index (χ4v) is 4.53. The van der Waals surface area contributed by atoms with Crippen LogP contribution in [0.3, 0.4) is 0 Å². The van der Waals surface area contributed by atoms with Crippen LogP contribution >= 0.6 is 24.8 Å². The Morgan fingerprint density at radius 3 is 2.48 bits per heavy atom. The molecule has 0 aliphatic rings. The largest absolute Gasteiger partial charge is 0.339 e. The first kappa shape index (κ1) is 19.6. The number of halogens is 2. The monoisotopic (exact) mass is 425 g/mol. The molecule has 0 aliphatic carbocycles. The van der Waals surface area contributed by atoms with Crippen molar-refractivity contribution in [2.75, 3.05) is 6.54 Å². The molecule has 0 saturated carbocycles. The summed E-state index contributed by atoms with van der Waals surface area (Å²) in [6, 6.07) is 17.0. The highest BCUT2D eigenvalue weighted by molar-refractivity contribution is 6.34. The molecule has 0 unspecified atom stereocenters. The third-order valence-electron chi connectivity index (χ3n) is 5.63. The van der Waals surface area contributed by atoms with Gasteiger partial charge in [-0.15, -0.1) is 24.8 Å². The summed E-state index contributed by atoms with van der Waals surface area (Å²) in [6.45, 7) is 1.56. The van der Waals surface area contributed by atoms with E-state index in [2.05, 4.69) is 63.4 Å². The fourth-order valence-electron chi connectivity index (χ4n) is 4.53. The average molecular weight is 426 g/mol. The molecule has 0 atom stereocenters. The highest BCUT2D eigenvalue weighted by Gasteiger charge is 2.21. The molecule has 0 amide bonds. The van der Waals surface area contributed by atoms with Crippen LogP contribution in [0.2, 0.25) is 0 Å². The lowest BCUT2D eigenvalue weighted by Gasteiger charge is -2.07. The van der Waals surface area contributed by atoms with Crippen LogP contribution in [0.15, 0.2) is 54.7 Å². The molecular formula is C22H21Cl2N5. The van der Waals surface area contributed by atoms with Crippen molar-refractivity contribution in [1.82, 2.24) is 19.7 Å².